The monoisotopic (exact) mass is 442 g/mol. The van der Waals surface area contributed by atoms with Crippen LogP contribution in [0.15, 0.2) is 74.7 Å². The van der Waals surface area contributed by atoms with Crippen LogP contribution in [0.4, 0.5) is 0 Å². The topological polar surface area (TPSA) is 73.1 Å². The van der Waals surface area contributed by atoms with E-state index in [0.717, 1.165) is 15.8 Å². The van der Waals surface area contributed by atoms with E-state index in [9.17, 15) is 4.79 Å². The zero-order valence-electron chi connectivity index (χ0n) is 15.2. The summed E-state index contributed by atoms with van der Waals surface area (Å²) in [5.41, 5.74) is 3.36. The fraction of sp³-hybridized carbons (Fsp3) is 0.143. The summed E-state index contributed by atoms with van der Waals surface area (Å²) in [6.07, 6.45) is 1.44. The normalized spacial score (nSPS) is 10.8. The molecule has 0 bridgehead atoms. The van der Waals surface area contributed by atoms with Crippen LogP contribution < -0.4 is 14.9 Å². The molecule has 0 atom stereocenters. The minimum atomic E-state index is -0.387. The number of hydrazone groups is 1. The van der Waals surface area contributed by atoms with Gasteiger partial charge in [-0.1, -0.05) is 40.2 Å². The zero-order chi connectivity index (χ0) is 19.8. The number of hydrogen-bond donors (Lipinski definition) is 1. The maximum Gasteiger partial charge on any atom is 0.277 e. The Kier molecular flexibility index (Phi) is 6.86. The summed E-state index contributed by atoms with van der Waals surface area (Å²) in [5.74, 6) is 1.96. The van der Waals surface area contributed by atoms with Gasteiger partial charge in [-0.05, 0) is 43.3 Å². The Labute approximate surface area is 171 Å². The van der Waals surface area contributed by atoms with Gasteiger partial charge in [-0.15, -0.1) is 0 Å². The van der Waals surface area contributed by atoms with Crippen LogP contribution in [0.3, 0.4) is 0 Å². The first-order chi connectivity index (χ1) is 13.7. The van der Waals surface area contributed by atoms with Crippen molar-refractivity contribution < 1.29 is 18.7 Å². The summed E-state index contributed by atoms with van der Waals surface area (Å²) in [5, 5.41) is 3.90. The molecule has 3 rings (SSSR count). The standard InChI is InChI=1S/C21H19BrN2O4/c1-2-26-19-5-3-4-6-20(19)27-14-21(25)24-23-13-17-11-12-18(28-17)15-7-9-16(22)10-8-15/h3-13H,2,14H2,1H3,(H,24,25)/b23-13-. The predicted octanol–water partition coefficient (Wildman–Crippen LogP) is 4.64. The molecule has 0 fully saturated rings. The van der Waals surface area contributed by atoms with E-state index in [1.807, 2.05) is 49.4 Å². The maximum absolute atomic E-state index is 11.9. The molecule has 0 aliphatic carbocycles. The van der Waals surface area contributed by atoms with Gasteiger partial charge in [0, 0.05) is 10.0 Å². The van der Waals surface area contributed by atoms with Crippen LogP contribution in [0.2, 0.25) is 0 Å². The van der Waals surface area contributed by atoms with Crippen molar-refractivity contribution in [3.8, 4) is 22.8 Å². The van der Waals surface area contributed by atoms with Gasteiger partial charge in [0.25, 0.3) is 5.91 Å². The quantitative estimate of drug-likeness (QED) is 0.407. The Morgan fingerprint density at radius 2 is 1.79 bits per heavy atom. The molecule has 0 spiro atoms. The lowest BCUT2D eigenvalue weighted by Gasteiger charge is -2.10. The van der Waals surface area contributed by atoms with Gasteiger partial charge in [0.1, 0.15) is 11.5 Å². The summed E-state index contributed by atoms with van der Waals surface area (Å²) in [4.78, 5) is 11.9. The number of ether oxygens (including phenoxy) is 2. The molecule has 6 nitrogen and oxygen atoms in total. The third-order valence-corrected chi connectivity index (χ3v) is 4.17. The molecule has 1 heterocycles. The van der Waals surface area contributed by atoms with Gasteiger partial charge in [0.15, 0.2) is 18.1 Å². The van der Waals surface area contributed by atoms with Gasteiger partial charge in [0.2, 0.25) is 0 Å². The Hall–Kier alpha value is -3.06. The number of hydrogen-bond acceptors (Lipinski definition) is 5. The highest BCUT2D eigenvalue weighted by Gasteiger charge is 2.07. The third-order valence-electron chi connectivity index (χ3n) is 3.64. The van der Waals surface area contributed by atoms with Crippen molar-refractivity contribution in [1.29, 1.82) is 0 Å². The minimum absolute atomic E-state index is 0.177. The van der Waals surface area contributed by atoms with Crippen molar-refractivity contribution in [1.82, 2.24) is 5.43 Å². The molecule has 1 amide bonds. The average molecular weight is 443 g/mol. The number of halogens is 1. The lowest BCUT2D eigenvalue weighted by atomic mass is 10.2. The molecular formula is C21H19BrN2O4. The number of benzene rings is 2. The molecule has 144 valence electrons. The number of nitrogens with one attached hydrogen (secondary N) is 1. The van der Waals surface area contributed by atoms with Crippen LogP contribution in [0, 0.1) is 0 Å². The van der Waals surface area contributed by atoms with E-state index in [0.29, 0.717) is 23.9 Å². The lowest BCUT2D eigenvalue weighted by molar-refractivity contribution is -0.123. The Balaban J connectivity index is 1.51. The molecule has 0 saturated carbocycles. The fourth-order valence-corrected chi connectivity index (χ4v) is 2.64. The SMILES string of the molecule is CCOc1ccccc1OCC(=O)N/N=C\c1ccc(-c2ccc(Br)cc2)o1. The Morgan fingerprint density at radius 1 is 1.07 bits per heavy atom. The van der Waals surface area contributed by atoms with E-state index in [2.05, 4.69) is 26.5 Å². The first kappa shape index (κ1) is 19.7. The second-order valence-corrected chi connectivity index (χ2v) is 6.59. The fourth-order valence-electron chi connectivity index (χ4n) is 2.38. The first-order valence-electron chi connectivity index (χ1n) is 8.68. The van der Waals surface area contributed by atoms with Crippen molar-refractivity contribution in [2.75, 3.05) is 13.2 Å². The zero-order valence-corrected chi connectivity index (χ0v) is 16.8. The number of para-hydroxylation sites is 2. The highest BCUT2D eigenvalue weighted by atomic mass is 79.9. The molecule has 1 N–H and O–H groups in total. The minimum Gasteiger partial charge on any atom is -0.490 e. The molecule has 0 unspecified atom stereocenters. The summed E-state index contributed by atoms with van der Waals surface area (Å²) in [6, 6.07) is 18.6. The Bertz CT molecular complexity index is 951. The van der Waals surface area contributed by atoms with E-state index in [4.69, 9.17) is 13.9 Å². The number of rotatable bonds is 8. The molecule has 3 aromatic rings. The molecule has 0 aliphatic heterocycles. The van der Waals surface area contributed by atoms with Crippen molar-refractivity contribution >= 4 is 28.1 Å². The number of amides is 1. The number of furan rings is 1. The molecule has 0 radical (unpaired) electrons. The number of carbonyl (C=O) groups is 1. The van der Waals surface area contributed by atoms with Crippen molar-refractivity contribution in [2.45, 2.75) is 6.92 Å². The van der Waals surface area contributed by atoms with Gasteiger partial charge < -0.3 is 13.9 Å². The van der Waals surface area contributed by atoms with Crippen LogP contribution in [0.5, 0.6) is 11.5 Å². The highest BCUT2D eigenvalue weighted by molar-refractivity contribution is 9.10. The van der Waals surface area contributed by atoms with Crippen molar-refractivity contribution in [3.63, 3.8) is 0 Å². The molecule has 0 aliphatic rings. The average Bonchev–Trinajstić information content (AvgIpc) is 3.17. The van der Waals surface area contributed by atoms with Crippen LogP contribution in [0.25, 0.3) is 11.3 Å². The Morgan fingerprint density at radius 3 is 2.50 bits per heavy atom. The molecule has 7 heteroatoms. The van der Waals surface area contributed by atoms with E-state index in [1.165, 1.54) is 6.21 Å². The molecule has 0 saturated heterocycles. The first-order valence-corrected chi connectivity index (χ1v) is 9.47. The molecule has 2 aromatic carbocycles. The summed E-state index contributed by atoms with van der Waals surface area (Å²) in [7, 11) is 0. The number of nitrogens with zero attached hydrogens (tertiary/aromatic N) is 1. The highest BCUT2D eigenvalue weighted by Crippen LogP contribution is 2.26. The molecule has 1 aromatic heterocycles. The second kappa shape index (κ2) is 9.75. The molecule has 28 heavy (non-hydrogen) atoms. The number of carbonyl (C=O) groups excluding carboxylic acids is 1. The predicted molar refractivity (Wildman–Crippen MR) is 111 cm³/mol. The van der Waals surface area contributed by atoms with Crippen molar-refractivity contribution in [3.05, 3.63) is 70.9 Å². The van der Waals surface area contributed by atoms with E-state index < -0.39 is 0 Å². The van der Waals surface area contributed by atoms with E-state index in [-0.39, 0.29) is 12.5 Å². The van der Waals surface area contributed by atoms with Gasteiger partial charge >= 0.3 is 0 Å². The summed E-state index contributed by atoms with van der Waals surface area (Å²) in [6.45, 7) is 2.22. The smallest absolute Gasteiger partial charge is 0.277 e. The van der Waals surface area contributed by atoms with E-state index >= 15 is 0 Å². The summed E-state index contributed by atoms with van der Waals surface area (Å²) < 4.78 is 17.6. The van der Waals surface area contributed by atoms with Gasteiger partial charge in [-0.3, -0.25) is 4.79 Å². The molecular weight excluding hydrogens is 424 g/mol. The van der Waals surface area contributed by atoms with Gasteiger partial charge in [-0.25, -0.2) is 5.43 Å². The van der Waals surface area contributed by atoms with Crippen molar-refractivity contribution in [2.24, 2.45) is 5.10 Å². The second-order valence-electron chi connectivity index (χ2n) is 5.67. The van der Waals surface area contributed by atoms with Crippen LogP contribution >= 0.6 is 15.9 Å². The largest absolute Gasteiger partial charge is 0.490 e. The van der Waals surface area contributed by atoms with Crippen LogP contribution in [0.1, 0.15) is 12.7 Å². The maximum atomic E-state index is 11.9. The van der Waals surface area contributed by atoms with E-state index in [1.54, 1.807) is 18.2 Å². The van der Waals surface area contributed by atoms with Gasteiger partial charge in [0.05, 0.1) is 12.8 Å². The van der Waals surface area contributed by atoms with Crippen LogP contribution in [-0.4, -0.2) is 25.3 Å². The van der Waals surface area contributed by atoms with Gasteiger partial charge in [-0.2, -0.15) is 5.10 Å². The third kappa shape index (κ3) is 5.47. The van der Waals surface area contributed by atoms with Crippen LogP contribution in [-0.2, 0) is 4.79 Å². The lowest BCUT2D eigenvalue weighted by Crippen LogP contribution is -2.24. The summed E-state index contributed by atoms with van der Waals surface area (Å²) >= 11 is 3.40.